The fraction of sp³-hybridized carbons (Fsp3) is 0.909. The first-order chi connectivity index (χ1) is 19.7. The summed E-state index contributed by atoms with van der Waals surface area (Å²) in [6.45, 7) is -1.34. The summed E-state index contributed by atoms with van der Waals surface area (Å²) in [7, 11) is 0. The molecule has 0 bridgehead atoms. The molecule has 1 saturated carbocycles. The molecule has 2 heterocycles. The van der Waals surface area contributed by atoms with Crippen molar-refractivity contribution in [2.45, 2.75) is 104 Å². The molecule has 0 aromatic heterocycles. The summed E-state index contributed by atoms with van der Waals surface area (Å²) in [5.41, 5.74) is 28.6. The molecule has 1 unspecified atom stereocenters. The van der Waals surface area contributed by atoms with Gasteiger partial charge in [-0.05, 0) is 6.42 Å². The minimum absolute atomic E-state index is 0.153. The molecule has 3 rings (SSSR count). The minimum Gasteiger partial charge on any atom is -0.394 e. The first-order valence-electron chi connectivity index (χ1n) is 13.4. The molecule has 2 aliphatic heterocycles. The molecular weight excluding hydrogens is 568 g/mol. The lowest BCUT2D eigenvalue weighted by Crippen LogP contribution is -2.71. The fourth-order valence-electron chi connectivity index (χ4n) is 5.24. The average Bonchev–Trinajstić information content (AvgIpc) is 2.95. The van der Waals surface area contributed by atoms with E-state index in [0.717, 1.165) is 0 Å². The zero-order valence-electron chi connectivity index (χ0n) is 22.6. The molecule has 0 spiro atoms. The predicted molar refractivity (Wildman–Crippen MR) is 140 cm³/mol. The van der Waals surface area contributed by atoms with Crippen molar-refractivity contribution in [2.75, 3.05) is 19.7 Å². The SMILES string of the molecule is N=C(N)N[C@H]1[C@@H](OC2[C@@H](N)C[C@@H](NC(=O)[C@@H](O)CN)[C@H](O[C@H]3O[C@H](CO)[C@@H](O)[C@H](N)[C@H]3O)[C@H]2O)O[C@H](CN)[C@@H](O)[C@@H]1O. The van der Waals surface area contributed by atoms with Gasteiger partial charge in [0.05, 0.1) is 18.7 Å². The van der Waals surface area contributed by atoms with Crippen LogP contribution in [0.15, 0.2) is 0 Å². The number of nitrogens with one attached hydrogen (secondary N) is 3. The van der Waals surface area contributed by atoms with Crippen molar-refractivity contribution in [3.63, 3.8) is 0 Å². The second-order valence-electron chi connectivity index (χ2n) is 10.6. The Morgan fingerprint density at radius 2 is 1.52 bits per heavy atom. The van der Waals surface area contributed by atoms with E-state index in [1.54, 1.807) is 0 Å². The van der Waals surface area contributed by atoms with E-state index in [1.807, 2.05) is 0 Å². The lowest BCUT2D eigenvalue weighted by atomic mass is 9.83. The summed E-state index contributed by atoms with van der Waals surface area (Å²) in [4.78, 5) is 12.5. The van der Waals surface area contributed by atoms with Crippen LogP contribution in [0.3, 0.4) is 0 Å². The number of aliphatic hydroxyl groups is 7. The van der Waals surface area contributed by atoms with Gasteiger partial charge in [-0.15, -0.1) is 0 Å². The van der Waals surface area contributed by atoms with Crippen molar-refractivity contribution >= 4 is 11.9 Å². The first kappa shape index (κ1) is 34.6. The summed E-state index contributed by atoms with van der Waals surface area (Å²) in [6, 6.07) is -4.83. The highest BCUT2D eigenvalue weighted by atomic mass is 16.7. The van der Waals surface area contributed by atoms with Crippen LogP contribution in [0.1, 0.15) is 6.42 Å². The molecular formula is C22H44N8O12. The topological polar surface area (TPSA) is 374 Å². The number of carbonyl (C=O) groups is 1. The number of guanidine groups is 1. The van der Waals surface area contributed by atoms with Crippen molar-refractivity contribution < 1.29 is 59.5 Å². The summed E-state index contributed by atoms with van der Waals surface area (Å²) in [6.07, 6.45) is -18.0. The van der Waals surface area contributed by atoms with Crippen LogP contribution in [0.4, 0.5) is 0 Å². The Bertz CT molecular complexity index is 909. The van der Waals surface area contributed by atoms with E-state index >= 15 is 0 Å². The highest BCUT2D eigenvalue weighted by Crippen LogP contribution is 2.32. The van der Waals surface area contributed by atoms with E-state index in [4.69, 9.17) is 53.0 Å². The third-order valence-corrected chi connectivity index (χ3v) is 7.65. The van der Waals surface area contributed by atoms with Crippen LogP contribution in [0.25, 0.3) is 0 Å². The maximum absolute atomic E-state index is 12.5. The van der Waals surface area contributed by atoms with Crippen LogP contribution >= 0.6 is 0 Å². The van der Waals surface area contributed by atoms with Gasteiger partial charge in [0.15, 0.2) is 18.5 Å². The highest BCUT2D eigenvalue weighted by molar-refractivity contribution is 5.81. The number of aliphatic hydroxyl groups excluding tert-OH is 7. The molecule has 0 aromatic rings. The number of amides is 1. The largest absolute Gasteiger partial charge is 0.394 e. The molecule has 3 aliphatic rings. The molecule has 244 valence electrons. The van der Waals surface area contributed by atoms with Gasteiger partial charge in [0.25, 0.3) is 0 Å². The van der Waals surface area contributed by atoms with Crippen LogP contribution in [-0.4, -0.2) is 165 Å². The van der Waals surface area contributed by atoms with Gasteiger partial charge in [0.1, 0.15) is 67.1 Å². The summed E-state index contributed by atoms with van der Waals surface area (Å²) >= 11 is 0. The third kappa shape index (κ3) is 7.43. The van der Waals surface area contributed by atoms with E-state index in [1.165, 1.54) is 0 Å². The van der Waals surface area contributed by atoms with Gasteiger partial charge in [0, 0.05) is 19.1 Å². The van der Waals surface area contributed by atoms with Crippen LogP contribution < -0.4 is 39.3 Å². The van der Waals surface area contributed by atoms with Crippen molar-refractivity contribution in [3.05, 3.63) is 0 Å². The molecule has 16 atom stereocenters. The van der Waals surface area contributed by atoms with Crippen molar-refractivity contribution in [3.8, 4) is 0 Å². The Balaban J connectivity index is 1.90. The summed E-state index contributed by atoms with van der Waals surface area (Å²) < 4.78 is 23.0. The van der Waals surface area contributed by atoms with Gasteiger partial charge in [-0.1, -0.05) is 0 Å². The Morgan fingerprint density at radius 1 is 0.905 bits per heavy atom. The van der Waals surface area contributed by atoms with Crippen molar-refractivity contribution in [2.24, 2.45) is 28.7 Å². The molecule has 20 heteroatoms. The summed E-state index contributed by atoms with van der Waals surface area (Å²) in [5.74, 6) is -1.50. The van der Waals surface area contributed by atoms with Crippen LogP contribution in [0.5, 0.6) is 0 Å². The Hall–Kier alpha value is -1.86. The lowest BCUT2D eigenvalue weighted by molar-refractivity contribution is -0.320. The standard InChI is InChI=1S/C22H44N8O12/c23-2-7(32)19(38)29-6-1-5(25)17(41-20-11(30-22(27)28)15(36)13(34)8(3-24)39-20)16(37)18(6)42-21-14(35)10(26)12(33)9(4-31)40-21/h5-18,20-21,31-37H,1-4,23-26H2,(H,29,38)(H4,27,28,30)/t5-,6+,7-,8+,9+,10-,11+,12+,13+,14+,15+,16-,17?,18-,20+,21+/m0/s1. The lowest BCUT2D eigenvalue weighted by Gasteiger charge is -2.49. The zero-order valence-corrected chi connectivity index (χ0v) is 22.6. The molecule has 20 N–H and O–H groups in total. The number of carbonyl (C=O) groups excluding carboxylic acids is 1. The number of hydrogen-bond acceptors (Lipinski definition) is 17. The van der Waals surface area contributed by atoms with Crippen molar-refractivity contribution in [1.82, 2.24) is 10.6 Å². The molecule has 0 aromatic carbocycles. The second kappa shape index (κ2) is 14.7. The first-order valence-corrected chi connectivity index (χ1v) is 13.4. The quantitative estimate of drug-likeness (QED) is 0.0803. The van der Waals surface area contributed by atoms with Gasteiger partial charge >= 0.3 is 0 Å². The number of ether oxygens (including phenoxy) is 4. The maximum Gasteiger partial charge on any atom is 0.250 e. The second-order valence-corrected chi connectivity index (χ2v) is 10.6. The van der Waals surface area contributed by atoms with E-state index < -0.39 is 123 Å². The van der Waals surface area contributed by atoms with E-state index in [-0.39, 0.29) is 13.0 Å². The van der Waals surface area contributed by atoms with E-state index in [9.17, 15) is 40.5 Å². The van der Waals surface area contributed by atoms with Crippen molar-refractivity contribution in [1.29, 1.82) is 5.41 Å². The van der Waals surface area contributed by atoms with Crippen LogP contribution in [0.2, 0.25) is 0 Å². The van der Waals surface area contributed by atoms with Gasteiger partial charge < -0.3 is 94.0 Å². The third-order valence-electron chi connectivity index (χ3n) is 7.65. The zero-order chi connectivity index (χ0) is 31.5. The fourth-order valence-corrected chi connectivity index (χ4v) is 5.24. The molecule has 1 aliphatic carbocycles. The molecule has 2 saturated heterocycles. The smallest absolute Gasteiger partial charge is 0.250 e. The monoisotopic (exact) mass is 612 g/mol. The summed E-state index contributed by atoms with van der Waals surface area (Å²) in [5, 5.41) is 85.2. The van der Waals surface area contributed by atoms with Gasteiger partial charge in [-0.25, -0.2) is 0 Å². The minimum atomic E-state index is -1.73. The molecule has 3 fully saturated rings. The number of nitrogens with two attached hydrogens (primary N) is 5. The van der Waals surface area contributed by atoms with Crippen LogP contribution in [0, 0.1) is 5.41 Å². The van der Waals surface area contributed by atoms with E-state index in [0.29, 0.717) is 0 Å². The average molecular weight is 613 g/mol. The number of rotatable bonds is 10. The Labute approximate surface area is 240 Å². The molecule has 1 amide bonds. The normalized spacial score (nSPS) is 45.2. The Kier molecular flexibility index (Phi) is 12.2. The molecule has 20 nitrogen and oxygen atoms in total. The predicted octanol–water partition coefficient (Wildman–Crippen LogP) is -9.32. The highest BCUT2D eigenvalue weighted by Gasteiger charge is 2.53. The molecule has 0 radical (unpaired) electrons. The van der Waals surface area contributed by atoms with Gasteiger partial charge in [-0.2, -0.15) is 0 Å². The maximum atomic E-state index is 12.5. The van der Waals surface area contributed by atoms with Gasteiger partial charge in [0.2, 0.25) is 5.91 Å². The van der Waals surface area contributed by atoms with Gasteiger partial charge in [-0.3, -0.25) is 10.2 Å². The number of hydrogen-bond donors (Lipinski definition) is 15. The molecule has 42 heavy (non-hydrogen) atoms. The van der Waals surface area contributed by atoms with Crippen LogP contribution in [-0.2, 0) is 23.7 Å². The Morgan fingerprint density at radius 3 is 2.10 bits per heavy atom. The van der Waals surface area contributed by atoms with E-state index in [2.05, 4.69) is 10.6 Å².